The molecule has 354 valence electrons. The van der Waals surface area contributed by atoms with Gasteiger partial charge in [0.15, 0.2) is 5.78 Å². The number of morpholine rings is 1. The Labute approximate surface area is 383 Å². The monoisotopic (exact) mass is 900 g/mol. The summed E-state index contributed by atoms with van der Waals surface area (Å²) < 4.78 is 10.9. The number of epoxide rings is 1. The first-order chi connectivity index (χ1) is 31.1. The predicted molar refractivity (Wildman–Crippen MR) is 244 cm³/mol. The molecule has 2 aliphatic rings. The Kier molecular flexibility index (Phi) is 20.6. The van der Waals surface area contributed by atoms with E-state index >= 15 is 4.79 Å². The maximum absolute atomic E-state index is 15.4. The summed E-state index contributed by atoms with van der Waals surface area (Å²) in [5.74, 6) is -2.83. The van der Waals surface area contributed by atoms with E-state index in [-0.39, 0.29) is 69.8 Å². The van der Waals surface area contributed by atoms with Gasteiger partial charge in [0.2, 0.25) is 29.5 Å². The average Bonchev–Trinajstić information content (AvgIpc) is 4.05. The molecule has 2 heterocycles. The number of hydrogen-bond acceptors (Lipinski definition) is 10. The van der Waals surface area contributed by atoms with Crippen molar-refractivity contribution < 1.29 is 48.1 Å². The minimum atomic E-state index is -1.21. The third kappa shape index (κ3) is 16.1. The fourth-order valence-electron chi connectivity index (χ4n) is 8.25. The van der Waals surface area contributed by atoms with Crippen LogP contribution in [0.3, 0.4) is 0 Å². The van der Waals surface area contributed by atoms with E-state index in [9.17, 15) is 28.8 Å². The Hall–Kier alpha value is -5.63. The van der Waals surface area contributed by atoms with Crippen molar-refractivity contribution in [1.82, 2.24) is 30.7 Å². The van der Waals surface area contributed by atoms with E-state index in [2.05, 4.69) is 21.9 Å². The number of aliphatic carboxylic acids is 1. The van der Waals surface area contributed by atoms with Gasteiger partial charge in [0, 0.05) is 38.4 Å². The number of carboxylic acid groups (broad SMARTS) is 1. The molecule has 2 aromatic carbocycles. The second kappa shape index (κ2) is 25.8. The first-order valence-electron chi connectivity index (χ1n) is 22.8. The first-order valence-corrected chi connectivity index (χ1v) is 22.8. The standard InChI is InChI=1S/C49H68N6O10/c1-7-16-37(48(63)55(9-3)41(29-35-17-12-10-13-18-35)47(62)52-39(28-34(4)5)45(60)49(6)32-65-49)38(36-19-14-11-15-20-36)30-40(51-42(56)31-53-24-26-64-27-25-53)46(61)50-33-54(23-8-2)43(57)21-22-44(58)59/h2,10-15,17-20,34,37-41H,7,9,16,21-33H2,1,3-6H3,(H,50,61)(H,51,56)(H,52,62)(H,58,59)/t37-,38?,39-,40-,41-,49+/m0/s1. The topological polar surface area (TPSA) is 207 Å². The minimum absolute atomic E-state index is 0.0111. The van der Waals surface area contributed by atoms with E-state index in [0.29, 0.717) is 45.6 Å². The number of carboxylic acids is 1. The highest BCUT2D eigenvalue weighted by Gasteiger charge is 2.50. The number of rotatable bonds is 27. The Morgan fingerprint density at radius 2 is 1.54 bits per heavy atom. The Morgan fingerprint density at radius 1 is 0.892 bits per heavy atom. The number of nitrogens with zero attached hydrogens (tertiary/aromatic N) is 3. The number of benzene rings is 2. The van der Waals surface area contributed by atoms with Crippen molar-refractivity contribution in [3.05, 3.63) is 71.8 Å². The fraction of sp³-hybridized carbons (Fsp3) is 0.571. The number of hydrogen-bond donors (Lipinski definition) is 4. The lowest BCUT2D eigenvalue weighted by Crippen LogP contribution is -2.57. The normalized spacial score (nSPS) is 18.2. The van der Waals surface area contributed by atoms with E-state index in [4.69, 9.17) is 21.0 Å². The lowest BCUT2D eigenvalue weighted by Gasteiger charge is -2.37. The van der Waals surface area contributed by atoms with Gasteiger partial charge in [-0.15, -0.1) is 6.42 Å². The van der Waals surface area contributed by atoms with Gasteiger partial charge in [-0.25, -0.2) is 0 Å². The first kappa shape index (κ1) is 52.0. The maximum atomic E-state index is 15.4. The van der Waals surface area contributed by atoms with Gasteiger partial charge in [0.1, 0.15) is 17.7 Å². The summed E-state index contributed by atoms with van der Waals surface area (Å²) in [6, 6.07) is 15.5. The number of carbonyl (C=O) groups excluding carboxylic acids is 6. The van der Waals surface area contributed by atoms with Crippen LogP contribution in [0.2, 0.25) is 0 Å². The SMILES string of the molecule is C#CCN(CNC(=O)[C@H](CC(c1ccccc1)[C@H](CCC)C(=O)N(CC)[C@@H](Cc1ccccc1)C(=O)N[C@@H](CC(C)C)C(=O)[C@@]1(C)CO1)NC(=O)CN1CCOCC1)C(=O)CCC(=O)O. The molecule has 4 N–H and O–H groups in total. The highest BCUT2D eigenvalue weighted by molar-refractivity contribution is 5.98. The van der Waals surface area contributed by atoms with Crippen molar-refractivity contribution in [2.24, 2.45) is 11.8 Å². The van der Waals surface area contributed by atoms with Crippen LogP contribution < -0.4 is 16.0 Å². The fourth-order valence-corrected chi connectivity index (χ4v) is 8.25. The second-order valence-electron chi connectivity index (χ2n) is 17.4. The Balaban J connectivity index is 1.73. The van der Waals surface area contributed by atoms with Gasteiger partial charge in [-0.1, -0.05) is 93.8 Å². The zero-order valence-corrected chi connectivity index (χ0v) is 38.6. The number of nitrogens with one attached hydrogen (secondary N) is 3. The van der Waals surface area contributed by atoms with Gasteiger partial charge < -0.3 is 40.3 Å². The smallest absolute Gasteiger partial charge is 0.303 e. The molecule has 5 amide bonds. The van der Waals surface area contributed by atoms with Crippen molar-refractivity contribution in [2.45, 2.75) is 109 Å². The molecule has 2 aromatic rings. The summed E-state index contributed by atoms with van der Waals surface area (Å²) in [4.78, 5) is 101. The van der Waals surface area contributed by atoms with E-state index < -0.39 is 71.6 Å². The summed E-state index contributed by atoms with van der Waals surface area (Å²) in [6.07, 6.45) is 6.22. The van der Waals surface area contributed by atoms with Gasteiger partial charge >= 0.3 is 5.97 Å². The van der Waals surface area contributed by atoms with Crippen LogP contribution in [-0.2, 0) is 49.5 Å². The molecule has 2 aliphatic heterocycles. The highest BCUT2D eigenvalue weighted by atomic mass is 16.6. The number of Topliss-reactive ketones (excluding diaryl/α,β-unsaturated/α-hetero) is 1. The van der Waals surface area contributed by atoms with Crippen LogP contribution in [0.25, 0.3) is 0 Å². The molecular formula is C49H68N6O10. The molecule has 0 radical (unpaired) electrons. The van der Waals surface area contributed by atoms with Crippen molar-refractivity contribution in [3.8, 4) is 12.3 Å². The predicted octanol–water partition coefficient (Wildman–Crippen LogP) is 3.14. The lowest BCUT2D eigenvalue weighted by atomic mass is 9.78. The summed E-state index contributed by atoms with van der Waals surface area (Å²) in [7, 11) is 0. The third-order valence-corrected chi connectivity index (χ3v) is 11.9. The second-order valence-corrected chi connectivity index (χ2v) is 17.4. The van der Waals surface area contributed by atoms with E-state index in [1.54, 1.807) is 18.7 Å². The van der Waals surface area contributed by atoms with Crippen LogP contribution in [0.4, 0.5) is 0 Å². The van der Waals surface area contributed by atoms with Gasteiger partial charge in [-0.05, 0) is 56.1 Å². The summed E-state index contributed by atoms with van der Waals surface area (Å²) in [6.45, 7) is 11.2. The lowest BCUT2D eigenvalue weighted by molar-refractivity contribution is -0.145. The molecule has 4 rings (SSSR count). The Bertz CT molecular complexity index is 1950. The molecule has 0 bridgehead atoms. The minimum Gasteiger partial charge on any atom is -0.481 e. The molecule has 0 aliphatic carbocycles. The highest BCUT2D eigenvalue weighted by Crippen LogP contribution is 2.35. The molecule has 0 saturated carbocycles. The maximum Gasteiger partial charge on any atom is 0.303 e. The van der Waals surface area contributed by atoms with Crippen molar-refractivity contribution in [1.29, 1.82) is 0 Å². The number of ketones is 1. The molecule has 16 nitrogen and oxygen atoms in total. The molecule has 1 unspecified atom stereocenters. The Morgan fingerprint density at radius 3 is 2.11 bits per heavy atom. The van der Waals surface area contributed by atoms with Crippen LogP contribution in [-0.4, -0.2) is 144 Å². The van der Waals surface area contributed by atoms with Gasteiger partial charge in [-0.3, -0.25) is 38.5 Å². The van der Waals surface area contributed by atoms with Crippen LogP contribution in [0.5, 0.6) is 0 Å². The average molecular weight is 901 g/mol. The van der Waals surface area contributed by atoms with Crippen LogP contribution in [0.15, 0.2) is 60.7 Å². The van der Waals surface area contributed by atoms with E-state index in [0.717, 1.165) is 16.0 Å². The zero-order chi connectivity index (χ0) is 47.5. The van der Waals surface area contributed by atoms with Crippen molar-refractivity contribution in [3.63, 3.8) is 0 Å². The van der Waals surface area contributed by atoms with Gasteiger partial charge in [0.05, 0.1) is 52.0 Å². The molecule has 0 spiro atoms. The number of terminal acetylenes is 1. The number of amides is 5. The van der Waals surface area contributed by atoms with E-state index in [1.807, 2.05) is 86.3 Å². The molecule has 2 fully saturated rings. The van der Waals surface area contributed by atoms with Crippen molar-refractivity contribution >= 4 is 41.3 Å². The summed E-state index contributed by atoms with van der Waals surface area (Å²) >= 11 is 0. The van der Waals surface area contributed by atoms with Crippen LogP contribution in [0, 0.1) is 24.2 Å². The summed E-state index contributed by atoms with van der Waals surface area (Å²) in [5.41, 5.74) is 0.570. The third-order valence-electron chi connectivity index (χ3n) is 11.9. The van der Waals surface area contributed by atoms with E-state index in [1.165, 1.54) is 0 Å². The largest absolute Gasteiger partial charge is 0.481 e. The molecule has 6 atom stereocenters. The number of likely N-dealkylation sites (N-methyl/N-ethyl adjacent to an activating group) is 1. The number of ether oxygens (including phenoxy) is 2. The van der Waals surface area contributed by atoms with Gasteiger partial charge in [-0.2, -0.15) is 0 Å². The molecule has 16 heteroatoms. The van der Waals surface area contributed by atoms with Crippen LogP contribution >= 0.6 is 0 Å². The molecule has 2 saturated heterocycles. The summed E-state index contributed by atoms with van der Waals surface area (Å²) in [5, 5.41) is 17.8. The zero-order valence-electron chi connectivity index (χ0n) is 38.6. The quantitative estimate of drug-likeness (QED) is 0.0582. The molecular weight excluding hydrogens is 833 g/mol. The van der Waals surface area contributed by atoms with Gasteiger partial charge in [0.25, 0.3) is 0 Å². The van der Waals surface area contributed by atoms with Crippen molar-refractivity contribution in [2.75, 3.05) is 59.2 Å². The molecule has 0 aromatic heterocycles. The van der Waals surface area contributed by atoms with Crippen LogP contribution in [0.1, 0.15) is 90.2 Å². The molecule has 65 heavy (non-hydrogen) atoms. The number of carbonyl (C=O) groups is 7.